The molecule has 55 heavy (non-hydrogen) atoms. The molecule has 13 nitrogen and oxygen atoms in total. The van der Waals surface area contributed by atoms with Gasteiger partial charge in [-0.15, -0.1) is 6.58 Å². The molecule has 1 aliphatic heterocycles. The zero-order valence-corrected chi connectivity index (χ0v) is 32.4. The molecule has 2 saturated carbocycles. The van der Waals surface area contributed by atoms with Crippen molar-refractivity contribution >= 4 is 55.9 Å². The van der Waals surface area contributed by atoms with Crippen LogP contribution in [0.5, 0.6) is 11.6 Å². The Morgan fingerprint density at radius 2 is 1.84 bits per heavy atom. The number of ether oxygens (including phenoxy) is 2. The van der Waals surface area contributed by atoms with Gasteiger partial charge < -0.3 is 19.7 Å². The standard InChI is InChI=1S/C37H42ClF3N6O7S/c1-7-21-15-36(21,33(49)45-55(51,52)26-9-10-26)47(32(48)30(35(3,4)5)44-24-13-22(16-42-17-24)37(39,40)41)34(50)46-19-25(12-20(46)2)54-31-28-14-23(38)8-11-27(28)29(53-6)18-43-31/h7-8,11,13-14,16-18,20-21,25-26,30,44H,1,9-10,12,15,19H2,2-6H3,(H,45,49)/t20?,21-,25-,30+,36-/m1/s1. The summed E-state index contributed by atoms with van der Waals surface area (Å²) < 4.78 is 80.9. The molecule has 2 aromatic heterocycles. The Hall–Kier alpha value is -4.64. The number of hydrogen-bond acceptors (Lipinski definition) is 10. The maximum Gasteiger partial charge on any atom is 0.417 e. The number of amides is 4. The Kier molecular flexibility index (Phi) is 10.5. The van der Waals surface area contributed by atoms with E-state index in [2.05, 4.69) is 26.6 Å². The van der Waals surface area contributed by atoms with Crippen LogP contribution in [0.2, 0.25) is 5.02 Å². The number of fused-ring (bicyclic) bond motifs is 1. The number of carbonyl (C=O) groups is 3. The van der Waals surface area contributed by atoms with Gasteiger partial charge >= 0.3 is 12.2 Å². The van der Waals surface area contributed by atoms with Crippen LogP contribution in [0.3, 0.4) is 0 Å². The Morgan fingerprint density at radius 3 is 2.44 bits per heavy atom. The Morgan fingerprint density at radius 1 is 1.13 bits per heavy atom. The Bertz CT molecular complexity index is 2150. The minimum atomic E-state index is -4.74. The highest BCUT2D eigenvalue weighted by atomic mass is 35.5. The molecule has 1 aromatic carbocycles. The number of anilines is 1. The van der Waals surface area contributed by atoms with Crippen molar-refractivity contribution in [2.75, 3.05) is 19.0 Å². The summed E-state index contributed by atoms with van der Waals surface area (Å²) in [5.74, 6) is -2.17. The van der Waals surface area contributed by atoms with Gasteiger partial charge in [-0.3, -0.25) is 19.3 Å². The second-order valence-corrected chi connectivity index (χ2v) is 17.7. The fraction of sp³-hybridized carbons (Fsp3) is 0.486. The maximum atomic E-state index is 15.0. The first kappa shape index (κ1) is 40.0. The SMILES string of the molecule is C=C[C@@H]1C[C@@]1(C(=O)NS(=O)(=O)C1CC1)N(C(=O)[C@H](Nc1cncc(C(F)(F)F)c1)C(C)(C)C)C(=O)N1C[C@H](Oc2ncc(OC)c3ccc(Cl)cc23)CC1C. The summed E-state index contributed by atoms with van der Waals surface area (Å²) in [5.41, 5.74) is -4.33. The number of nitrogens with one attached hydrogen (secondary N) is 2. The normalized spacial score (nSPS) is 23.1. The number of nitrogens with zero attached hydrogens (tertiary/aromatic N) is 4. The summed E-state index contributed by atoms with van der Waals surface area (Å²) in [7, 11) is -2.63. The van der Waals surface area contributed by atoms with Gasteiger partial charge in [-0.2, -0.15) is 13.2 Å². The highest BCUT2D eigenvalue weighted by Gasteiger charge is 2.68. The Balaban J connectivity index is 1.37. The number of sulfonamides is 1. The molecule has 4 amide bonds. The van der Waals surface area contributed by atoms with Gasteiger partial charge in [0.25, 0.3) is 11.8 Å². The molecule has 5 atom stereocenters. The van der Waals surface area contributed by atoms with E-state index in [9.17, 15) is 31.2 Å². The molecule has 2 N–H and O–H groups in total. The van der Waals surface area contributed by atoms with E-state index in [0.29, 0.717) is 40.6 Å². The number of benzene rings is 1. The molecule has 296 valence electrons. The van der Waals surface area contributed by atoms with Gasteiger partial charge in [0.15, 0.2) is 0 Å². The van der Waals surface area contributed by atoms with E-state index in [-0.39, 0.29) is 31.0 Å². The van der Waals surface area contributed by atoms with Gasteiger partial charge in [-0.05, 0) is 55.9 Å². The van der Waals surface area contributed by atoms with Crippen LogP contribution < -0.4 is 19.5 Å². The fourth-order valence-electron chi connectivity index (χ4n) is 6.97. The molecule has 3 aromatic rings. The summed E-state index contributed by atoms with van der Waals surface area (Å²) >= 11 is 6.30. The first-order valence-corrected chi connectivity index (χ1v) is 19.5. The highest BCUT2D eigenvalue weighted by molar-refractivity contribution is 7.91. The molecular formula is C37H42ClF3N6O7S. The Labute approximate surface area is 321 Å². The van der Waals surface area contributed by atoms with Gasteiger partial charge in [0.05, 0.1) is 36.4 Å². The van der Waals surface area contributed by atoms with Gasteiger partial charge in [0, 0.05) is 46.6 Å². The lowest BCUT2D eigenvalue weighted by molar-refractivity contribution is -0.141. The third-order valence-corrected chi connectivity index (χ3v) is 12.3. The quantitative estimate of drug-likeness (QED) is 0.214. The zero-order valence-electron chi connectivity index (χ0n) is 30.8. The number of urea groups is 1. The topological polar surface area (TPSA) is 160 Å². The van der Waals surface area contributed by atoms with Crippen LogP contribution in [0.1, 0.15) is 58.9 Å². The molecular weight excluding hydrogens is 765 g/mol. The summed E-state index contributed by atoms with van der Waals surface area (Å²) in [5, 5.41) is 3.71. The first-order chi connectivity index (χ1) is 25.7. The smallest absolute Gasteiger partial charge is 0.417 e. The van der Waals surface area contributed by atoms with E-state index in [4.69, 9.17) is 21.1 Å². The van der Waals surface area contributed by atoms with Gasteiger partial charge in [-0.25, -0.2) is 23.1 Å². The third-order valence-electron chi connectivity index (χ3n) is 10.2. The van der Waals surface area contributed by atoms with Crippen LogP contribution in [-0.2, 0) is 25.8 Å². The average Bonchev–Trinajstić information content (AvgIpc) is 4.04. The number of rotatable bonds is 11. The predicted molar refractivity (Wildman–Crippen MR) is 198 cm³/mol. The van der Waals surface area contributed by atoms with Crippen molar-refractivity contribution in [2.45, 2.75) is 88.5 Å². The van der Waals surface area contributed by atoms with E-state index in [1.54, 1.807) is 45.9 Å². The first-order valence-electron chi connectivity index (χ1n) is 17.6. The highest BCUT2D eigenvalue weighted by Crippen LogP contribution is 2.52. The molecule has 0 bridgehead atoms. The number of alkyl halides is 3. The number of likely N-dealkylation sites (tertiary alicyclic amines) is 1. The number of pyridine rings is 2. The lowest BCUT2D eigenvalue weighted by atomic mass is 9.85. The minimum Gasteiger partial charge on any atom is -0.494 e. The third kappa shape index (κ3) is 7.90. The zero-order chi connectivity index (χ0) is 40.2. The van der Waals surface area contributed by atoms with Crippen molar-refractivity contribution < 1.29 is 45.4 Å². The minimum absolute atomic E-state index is 0.0679. The molecule has 3 fully saturated rings. The van der Waals surface area contributed by atoms with E-state index in [0.717, 1.165) is 17.2 Å². The molecule has 0 spiro atoms. The van der Waals surface area contributed by atoms with Crippen molar-refractivity contribution in [3.63, 3.8) is 0 Å². The van der Waals surface area contributed by atoms with Crippen molar-refractivity contribution in [3.05, 3.63) is 66.1 Å². The molecule has 2 aliphatic carbocycles. The lowest BCUT2D eigenvalue weighted by Crippen LogP contribution is -2.64. The van der Waals surface area contributed by atoms with E-state index in [1.165, 1.54) is 24.3 Å². The molecule has 18 heteroatoms. The fourth-order valence-corrected chi connectivity index (χ4v) is 8.51. The number of methoxy groups -OCH3 is 1. The van der Waals surface area contributed by atoms with Crippen LogP contribution >= 0.6 is 11.6 Å². The number of imide groups is 1. The average molecular weight is 807 g/mol. The molecule has 1 saturated heterocycles. The lowest BCUT2D eigenvalue weighted by Gasteiger charge is -2.40. The van der Waals surface area contributed by atoms with Crippen LogP contribution in [0.4, 0.5) is 23.7 Å². The van der Waals surface area contributed by atoms with Crippen molar-refractivity contribution in [3.8, 4) is 11.6 Å². The molecule has 0 radical (unpaired) electrons. The van der Waals surface area contributed by atoms with Crippen LogP contribution in [-0.4, -0.2) is 88.7 Å². The molecule has 3 heterocycles. The monoisotopic (exact) mass is 806 g/mol. The second kappa shape index (κ2) is 14.5. The summed E-state index contributed by atoms with van der Waals surface area (Å²) in [6, 6.07) is 3.02. The van der Waals surface area contributed by atoms with Crippen LogP contribution in [0.25, 0.3) is 10.8 Å². The second-order valence-electron chi connectivity index (χ2n) is 15.3. The maximum absolute atomic E-state index is 15.0. The summed E-state index contributed by atoms with van der Waals surface area (Å²) in [6.07, 6.45) is 0.0645. The van der Waals surface area contributed by atoms with Gasteiger partial charge in [-0.1, -0.05) is 38.4 Å². The van der Waals surface area contributed by atoms with Crippen LogP contribution in [0, 0.1) is 11.3 Å². The number of carbonyl (C=O) groups excluding carboxylic acids is 3. The number of hydrogen-bond donors (Lipinski definition) is 2. The largest absolute Gasteiger partial charge is 0.494 e. The van der Waals surface area contributed by atoms with Gasteiger partial charge in [0.1, 0.15) is 23.4 Å². The van der Waals surface area contributed by atoms with Crippen molar-refractivity contribution in [1.29, 1.82) is 0 Å². The van der Waals surface area contributed by atoms with Gasteiger partial charge in [0.2, 0.25) is 15.9 Å². The van der Waals surface area contributed by atoms with Crippen molar-refractivity contribution in [1.82, 2.24) is 24.5 Å². The molecule has 1 unspecified atom stereocenters. The van der Waals surface area contributed by atoms with Crippen molar-refractivity contribution in [2.24, 2.45) is 11.3 Å². The summed E-state index contributed by atoms with van der Waals surface area (Å²) in [4.78, 5) is 54.4. The van der Waals surface area contributed by atoms with E-state index < -0.39 is 79.9 Å². The summed E-state index contributed by atoms with van der Waals surface area (Å²) in [6.45, 7) is 10.4. The van der Waals surface area contributed by atoms with E-state index in [1.807, 2.05) is 0 Å². The predicted octanol–water partition coefficient (Wildman–Crippen LogP) is 6.18. The number of aromatic nitrogens is 2. The molecule has 3 aliphatic rings. The molecule has 6 rings (SSSR count). The van der Waals surface area contributed by atoms with E-state index >= 15 is 4.79 Å². The number of halogens is 4. The van der Waals surface area contributed by atoms with Crippen LogP contribution in [0.15, 0.2) is 55.5 Å².